The van der Waals surface area contributed by atoms with E-state index in [2.05, 4.69) is 69.2 Å². The van der Waals surface area contributed by atoms with Gasteiger partial charge in [-0.25, -0.2) is 0 Å². The van der Waals surface area contributed by atoms with Crippen LogP contribution in [0, 0.1) is 0 Å². The van der Waals surface area contributed by atoms with E-state index in [9.17, 15) is 0 Å². The molecular weight excluding hydrogens is 521 g/mol. The van der Waals surface area contributed by atoms with Crippen LogP contribution in [-0.2, 0) is 20.6 Å². The van der Waals surface area contributed by atoms with E-state index in [1.165, 1.54) is 0 Å². The Labute approximate surface area is 224 Å². The Hall–Kier alpha value is 0.884. The Morgan fingerprint density at radius 1 is 0.286 bits per heavy atom. The van der Waals surface area contributed by atoms with Gasteiger partial charge in [-0.05, 0) is 60.4 Å². The van der Waals surface area contributed by atoms with Crippen LogP contribution in [0.2, 0.25) is 60.4 Å². The Kier molecular flexibility index (Phi) is 15.0. The van der Waals surface area contributed by atoms with Gasteiger partial charge in [-0.2, -0.15) is 0 Å². The van der Waals surface area contributed by atoms with E-state index in [-0.39, 0.29) is 0 Å². The zero-order valence-electron chi connectivity index (χ0n) is 25.1. The minimum Gasteiger partial charge on any atom is -0.415 e. The molecule has 0 aliphatic carbocycles. The monoisotopic (exact) mass is 580 g/mol. The maximum atomic E-state index is 7.51. The molecule has 0 aromatic heterocycles. The molecule has 0 atom stereocenters. The maximum absolute atomic E-state index is 7.51. The second-order valence-electron chi connectivity index (χ2n) is 10.6. The molecule has 0 N–H and O–H groups in total. The van der Waals surface area contributed by atoms with Crippen LogP contribution in [0.3, 0.4) is 0 Å². The molecule has 35 heavy (non-hydrogen) atoms. The summed E-state index contributed by atoms with van der Waals surface area (Å²) in [6.07, 6.45) is 5.46. The third-order valence-corrected chi connectivity index (χ3v) is 34.3. The summed E-state index contributed by atoms with van der Waals surface area (Å²) in [7, 11) is -12.6. The molecule has 1 saturated heterocycles. The van der Waals surface area contributed by atoms with Crippen LogP contribution < -0.4 is 0 Å². The minimum absolute atomic E-state index is 0.980. The van der Waals surface area contributed by atoms with Crippen molar-refractivity contribution >= 4 is 42.8 Å². The summed E-state index contributed by atoms with van der Waals surface area (Å²) in [5, 5.41) is 0. The van der Waals surface area contributed by atoms with Crippen LogP contribution in [0.1, 0.15) is 101 Å². The molecule has 0 spiro atoms. The first-order valence-corrected chi connectivity index (χ1v) is 26.3. The van der Waals surface area contributed by atoms with Gasteiger partial charge in [0.05, 0.1) is 0 Å². The largest absolute Gasteiger partial charge is 0.415 e. The molecule has 10 heteroatoms. The minimum atomic E-state index is -2.52. The van der Waals surface area contributed by atoms with Crippen LogP contribution in [0.5, 0.6) is 0 Å². The average Bonchev–Trinajstić information content (AvgIpc) is 2.84. The van der Waals surface area contributed by atoms with Crippen molar-refractivity contribution < 1.29 is 20.6 Å². The normalized spacial score (nSPS) is 36.9. The molecule has 0 amide bonds. The molecule has 1 fully saturated rings. The van der Waals surface area contributed by atoms with E-state index < -0.39 is 42.8 Å². The highest BCUT2D eigenvalue weighted by molar-refractivity contribution is 6.95. The summed E-state index contributed by atoms with van der Waals surface area (Å²) in [5.74, 6) is 0. The van der Waals surface area contributed by atoms with E-state index in [1.54, 1.807) is 0 Å². The molecule has 1 heterocycles. The van der Waals surface area contributed by atoms with Gasteiger partial charge in [0.25, 0.3) is 0 Å². The fraction of sp³-hybridized carbons (Fsp3) is 1.00. The van der Waals surface area contributed by atoms with Crippen molar-refractivity contribution in [3.05, 3.63) is 0 Å². The Morgan fingerprint density at radius 2 is 0.429 bits per heavy atom. The average molecular weight is 581 g/mol. The molecule has 0 unspecified atom stereocenters. The number of rotatable bonds is 15. The van der Waals surface area contributed by atoms with E-state index >= 15 is 0 Å². The van der Waals surface area contributed by atoms with Crippen LogP contribution in [-0.4, -0.2) is 42.8 Å². The van der Waals surface area contributed by atoms with Gasteiger partial charge in [0.15, 0.2) is 0 Å². The van der Waals surface area contributed by atoms with Gasteiger partial charge in [0.2, 0.25) is 0 Å². The summed E-state index contributed by atoms with van der Waals surface area (Å²) in [6, 6.07) is 10.1. The lowest BCUT2D eigenvalue weighted by Gasteiger charge is -2.53. The second kappa shape index (κ2) is 15.5. The lowest BCUT2D eigenvalue weighted by atomic mass is 10.6. The quantitative estimate of drug-likeness (QED) is 0.180. The summed E-state index contributed by atoms with van der Waals surface area (Å²) >= 11 is 0. The van der Waals surface area contributed by atoms with Gasteiger partial charge < -0.3 is 20.6 Å². The number of hydrogen-bond donors (Lipinski definition) is 0. The molecule has 0 saturated carbocycles. The first-order chi connectivity index (χ1) is 16.6. The molecule has 0 aromatic rings. The Balaban J connectivity index is 3.96. The van der Waals surface area contributed by atoms with Gasteiger partial charge in [0.1, 0.15) is 0 Å². The van der Waals surface area contributed by atoms with Crippen molar-refractivity contribution in [3.8, 4) is 0 Å². The van der Waals surface area contributed by atoms with E-state index in [0.29, 0.717) is 0 Å². The highest BCUT2D eigenvalue weighted by Crippen LogP contribution is 2.43. The summed E-state index contributed by atoms with van der Waals surface area (Å²) in [4.78, 5) is 0. The molecule has 5 nitrogen and oxygen atoms in total. The predicted octanol–water partition coefficient (Wildman–Crippen LogP) is 9.44. The van der Waals surface area contributed by atoms with Crippen molar-refractivity contribution in [1.82, 2.24) is 0 Å². The van der Waals surface area contributed by atoms with E-state index in [4.69, 9.17) is 20.6 Å². The Morgan fingerprint density at radius 3 is 0.514 bits per heavy atom. The van der Waals surface area contributed by atoms with E-state index in [0.717, 1.165) is 92.5 Å². The number of hydrogen-bond acceptors (Lipinski definition) is 5. The van der Waals surface area contributed by atoms with E-state index in [1.807, 2.05) is 0 Å². The maximum Gasteiger partial charge on any atom is 0.320 e. The first kappa shape index (κ1) is 33.9. The highest BCUT2D eigenvalue weighted by Gasteiger charge is 2.60. The van der Waals surface area contributed by atoms with Crippen molar-refractivity contribution in [2.75, 3.05) is 0 Å². The Bertz CT molecular complexity index is 468. The summed E-state index contributed by atoms with van der Waals surface area (Å²) < 4.78 is 37.5. The lowest BCUT2D eigenvalue weighted by Crippen LogP contribution is -2.69. The molecule has 0 aromatic carbocycles. The second-order valence-corrected chi connectivity index (χ2v) is 29.8. The van der Waals surface area contributed by atoms with Crippen molar-refractivity contribution in [3.63, 3.8) is 0 Å². The molecule has 1 aliphatic rings. The molecular formula is C25H60O5Si5. The SMILES string of the molecule is CCC[Si]1(CC)O[Si](CC)(CCC)O[Si](CC)(CCC)O[Si](CC)(CCC)O[Si](CC)(CCC)O1. The van der Waals surface area contributed by atoms with Crippen LogP contribution in [0.4, 0.5) is 0 Å². The molecule has 1 aliphatic heterocycles. The van der Waals surface area contributed by atoms with Crippen molar-refractivity contribution in [2.24, 2.45) is 0 Å². The topological polar surface area (TPSA) is 46.2 Å². The molecule has 0 bridgehead atoms. The molecule has 210 valence electrons. The summed E-state index contributed by atoms with van der Waals surface area (Å²) in [6.45, 7) is 23.0. The van der Waals surface area contributed by atoms with Crippen LogP contribution in [0.15, 0.2) is 0 Å². The molecule has 1 rings (SSSR count). The third-order valence-electron chi connectivity index (χ3n) is 7.71. The zero-order chi connectivity index (χ0) is 26.6. The predicted molar refractivity (Wildman–Crippen MR) is 162 cm³/mol. The highest BCUT2D eigenvalue weighted by atomic mass is 28.5. The smallest absolute Gasteiger partial charge is 0.320 e. The van der Waals surface area contributed by atoms with Gasteiger partial charge in [-0.15, -0.1) is 0 Å². The lowest BCUT2D eigenvalue weighted by molar-refractivity contribution is 0.209. The van der Waals surface area contributed by atoms with Crippen LogP contribution in [0.25, 0.3) is 0 Å². The first-order valence-electron chi connectivity index (χ1n) is 15.1. The van der Waals surface area contributed by atoms with Gasteiger partial charge in [0, 0.05) is 0 Å². The zero-order valence-corrected chi connectivity index (χ0v) is 30.1. The standard InChI is InChI=1S/C25H60O5Si5/c1-11-21-31(16-6)26-32(17-7,22-12-2)28-34(19-9,24-14-4)30-35(20-10,25-15-5)29-33(18-8,27-31)23-13-3/h11-25H2,1-10H3. The van der Waals surface area contributed by atoms with Gasteiger partial charge >= 0.3 is 42.8 Å². The third kappa shape index (κ3) is 8.69. The molecule has 0 radical (unpaired) electrons. The summed E-state index contributed by atoms with van der Waals surface area (Å²) in [5.41, 5.74) is 0. The fourth-order valence-corrected chi connectivity index (χ4v) is 37.5. The van der Waals surface area contributed by atoms with Crippen molar-refractivity contribution in [2.45, 2.75) is 162 Å². The van der Waals surface area contributed by atoms with Gasteiger partial charge in [-0.3, -0.25) is 0 Å². The van der Waals surface area contributed by atoms with Crippen LogP contribution >= 0.6 is 0 Å². The van der Waals surface area contributed by atoms with Gasteiger partial charge in [-0.1, -0.05) is 101 Å². The fourth-order valence-electron chi connectivity index (χ4n) is 5.82. The van der Waals surface area contributed by atoms with Crippen molar-refractivity contribution in [1.29, 1.82) is 0 Å².